The summed E-state index contributed by atoms with van der Waals surface area (Å²) in [7, 11) is 0. The minimum atomic E-state index is -0.340. The molecule has 1 saturated heterocycles. The van der Waals surface area contributed by atoms with Crippen molar-refractivity contribution >= 4 is 11.4 Å². The van der Waals surface area contributed by atoms with Gasteiger partial charge in [-0.1, -0.05) is 6.92 Å². The van der Waals surface area contributed by atoms with E-state index in [1.54, 1.807) is 13.0 Å². The Kier molecular flexibility index (Phi) is 3.26. The number of nitro benzene ring substituents is 1. The van der Waals surface area contributed by atoms with Gasteiger partial charge >= 0.3 is 0 Å². The second kappa shape index (κ2) is 4.57. The molecular weight excluding hydrogens is 232 g/mol. The molecule has 1 aliphatic rings. The maximum absolute atomic E-state index is 10.8. The van der Waals surface area contributed by atoms with E-state index in [9.17, 15) is 10.1 Å². The van der Waals surface area contributed by atoms with Crippen LogP contribution in [0.25, 0.3) is 0 Å². The first-order valence-corrected chi connectivity index (χ1v) is 5.99. The topological polar surface area (TPSA) is 64.4 Å². The second-order valence-electron chi connectivity index (χ2n) is 5.37. The monoisotopic (exact) mass is 250 g/mol. The van der Waals surface area contributed by atoms with Crippen LogP contribution >= 0.6 is 0 Å². The van der Waals surface area contributed by atoms with E-state index in [0.717, 1.165) is 31.0 Å². The summed E-state index contributed by atoms with van der Waals surface area (Å²) in [6.45, 7) is 8.17. The Morgan fingerprint density at radius 2 is 2.06 bits per heavy atom. The fourth-order valence-corrected chi connectivity index (χ4v) is 2.05. The van der Waals surface area contributed by atoms with Gasteiger partial charge in [-0.05, 0) is 25.5 Å². The molecule has 0 aliphatic carbocycles. The first kappa shape index (κ1) is 12.8. The number of aryl methyl sites for hydroxylation is 2. The highest BCUT2D eigenvalue weighted by molar-refractivity contribution is 5.59. The third kappa shape index (κ3) is 2.46. The van der Waals surface area contributed by atoms with Crippen molar-refractivity contribution in [1.29, 1.82) is 0 Å². The molecule has 0 spiro atoms. The molecule has 98 valence electrons. The molecule has 0 unspecified atom stereocenters. The van der Waals surface area contributed by atoms with Crippen molar-refractivity contribution in [2.45, 2.75) is 20.8 Å². The van der Waals surface area contributed by atoms with Crippen LogP contribution in [0, 0.1) is 29.4 Å². The van der Waals surface area contributed by atoms with Crippen LogP contribution in [-0.2, 0) is 4.74 Å². The van der Waals surface area contributed by atoms with Gasteiger partial charge < -0.3 is 10.1 Å². The summed E-state index contributed by atoms with van der Waals surface area (Å²) in [4.78, 5) is 10.5. The van der Waals surface area contributed by atoms with Crippen LogP contribution in [0.3, 0.4) is 0 Å². The van der Waals surface area contributed by atoms with Crippen molar-refractivity contribution in [3.05, 3.63) is 33.4 Å². The molecule has 5 nitrogen and oxygen atoms in total. The van der Waals surface area contributed by atoms with E-state index >= 15 is 0 Å². The number of hydrogen-bond acceptors (Lipinski definition) is 4. The van der Waals surface area contributed by atoms with Crippen LogP contribution in [0.5, 0.6) is 0 Å². The van der Waals surface area contributed by atoms with Crippen LogP contribution < -0.4 is 5.32 Å². The average Bonchev–Trinajstić information content (AvgIpc) is 2.27. The molecule has 18 heavy (non-hydrogen) atoms. The van der Waals surface area contributed by atoms with Gasteiger partial charge in [0.15, 0.2) is 0 Å². The van der Waals surface area contributed by atoms with Crippen LogP contribution in [0.2, 0.25) is 0 Å². The van der Waals surface area contributed by atoms with Crippen molar-refractivity contribution in [2.24, 2.45) is 5.41 Å². The normalized spacial score (nSPS) is 17.1. The number of nitro groups is 1. The number of nitrogens with one attached hydrogen (secondary N) is 1. The van der Waals surface area contributed by atoms with Crippen LogP contribution in [-0.4, -0.2) is 24.7 Å². The predicted octanol–water partition coefficient (Wildman–Crippen LogP) is 2.66. The number of ether oxygens (including phenoxy) is 1. The Labute approximate surface area is 106 Å². The van der Waals surface area contributed by atoms with Gasteiger partial charge in [0.25, 0.3) is 5.69 Å². The molecule has 5 heteroatoms. The summed E-state index contributed by atoms with van der Waals surface area (Å²) in [6.07, 6.45) is 0. The van der Waals surface area contributed by atoms with E-state index in [1.807, 2.05) is 13.0 Å². The largest absolute Gasteiger partial charge is 0.384 e. The van der Waals surface area contributed by atoms with Gasteiger partial charge in [-0.3, -0.25) is 10.1 Å². The molecule has 0 radical (unpaired) electrons. The van der Waals surface area contributed by atoms with Gasteiger partial charge in [0.2, 0.25) is 0 Å². The molecule has 1 heterocycles. The van der Waals surface area contributed by atoms with Crippen LogP contribution in [0.1, 0.15) is 18.1 Å². The lowest BCUT2D eigenvalue weighted by Crippen LogP contribution is -2.45. The van der Waals surface area contributed by atoms with E-state index in [0.29, 0.717) is 5.56 Å². The van der Waals surface area contributed by atoms with E-state index < -0.39 is 0 Å². The van der Waals surface area contributed by atoms with E-state index in [1.165, 1.54) is 0 Å². The van der Waals surface area contributed by atoms with Gasteiger partial charge in [-0.2, -0.15) is 0 Å². The standard InChI is InChI=1S/C13H18N2O3/c1-9-5-12(15(16)17)10(2)4-11(9)14-6-13(3)7-18-8-13/h4-5,14H,6-8H2,1-3H3. The van der Waals surface area contributed by atoms with E-state index in [2.05, 4.69) is 12.2 Å². The minimum Gasteiger partial charge on any atom is -0.384 e. The second-order valence-corrected chi connectivity index (χ2v) is 5.37. The number of nitrogens with zero attached hydrogens (tertiary/aromatic N) is 1. The van der Waals surface area contributed by atoms with Gasteiger partial charge in [-0.25, -0.2) is 0 Å². The Hall–Kier alpha value is -1.62. The molecule has 0 atom stereocenters. The van der Waals surface area contributed by atoms with E-state index in [-0.39, 0.29) is 16.0 Å². The first-order valence-electron chi connectivity index (χ1n) is 5.99. The van der Waals surface area contributed by atoms with Gasteiger partial charge in [0.1, 0.15) is 0 Å². The van der Waals surface area contributed by atoms with Crippen molar-refractivity contribution in [2.75, 3.05) is 25.1 Å². The summed E-state index contributed by atoms with van der Waals surface area (Å²) in [5.74, 6) is 0. The van der Waals surface area contributed by atoms with E-state index in [4.69, 9.17) is 4.74 Å². The third-order valence-corrected chi connectivity index (χ3v) is 3.35. The predicted molar refractivity (Wildman–Crippen MR) is 70.0 cm³/mol. The number of rotatable bonds is 4. The summed E-state index contributed by atoms with van der Waals surface area (Å²) in [6, 6.07) is 3.47. The highest BCUT2D eigenvalue weighted by Crippen LogP contribution is 2.30. The zero-order chi connectivity index (χ0) is 13.3. The van der Waals surface area contributed by atoms with Crippen molar-refractivity contribution in [1.82, 2.24) is 0 Å². The quantitative estimate of drug-likeness (QED) is 0.659. The first-order chi connectivity index (χ1) is 8.41. The van der Waals surface area contributed by atoms with Crippen molar-refractivity contribution in [3.8, 4) is 0 Å². The summed E-state index contributed by atoms with van der Waals surface area (Å²) >= 11 is 0. The minimum absolute atomic E-state index is 0.177. The van der Waals surface area contributed by atoms with Gasteiger partial charge in [0.05, 0.1) is 18.1 Å². The molecule has 0 amide bonds. The van der Waals surface area contributed by atoms with Crippen molar-refractivity contribution in [3.63, 3.8) is 0 Å². The molecule has 1 aliphatic heterocycles. The van der Waals surface area contributed by atoms with Gasteiger partial charge in [0, 0.05) is 29.3 Å². The molecular formula is C13H18N2O3. The highest BCUT2D eigenvalue weighted by atomic mass is 16.6. The highest BCUT2D eigenvalue weighted by Gasteiger charge is 2.33. The average molecular weight is 250 g/mol. The Bertz CT molecular complexity index is 481. The lowest BCUT2D eigenvalue weighted by atomic mass is 9.88. The van der Waals surface area contributed by atoms with Crippen LogP contribution in [0.4, 0.5) is 11.4 Å². The molecule has 0 saturated carbocycles. The number of hydrogen-bond donors (Lipinski definition) is 1. The third-order valence-electron chi connectivity index (χ3n) is 3.35. The summed E-state index contributed by atoms with van der Waals surface area (Å²) < 4.78 is 5.20. The number of benzene rings is 1. The van der Waals surface area contributed by atoms with Crippen LogP contribution in [0.15, 0.2) is 12.1 Å². The molecule has 2 rings (SSSR count). The summed E-state index contributed by atoms with van der Waals surface area (Å²) in [5, 5.41) is 14.2. The fraction of sp³-hybridized carbons (Fsp3) is 0.538. The molecule has 0 bridgehead atoms. The smallest absolute Gasteiger partial charge is 0.272 e. The lowest BCUT2D eigenvalue weighted by Gasteiger charge is -2.38. The molecule has 1 fully saturated rings. The zero-order valence-corrected chi connectivity index (χ0v) is 10.9. The molecule has 1 N–H and O–H groups in total. The Morgan fingerprint density at radius 3 is 2.56 bits per heavy atom. The maximum Gasteiger partial charge on any atom is 0.272 e. The fourth-order valence-electron chi connectivity index (χ4n) is 2.05. The van der Waals surface area contributed by atoms with Crippen molar-refractivity contribution < 1.29 is 9.66 Å². The SMILES string of the molecule is Cc1cc([N+](=O)[O-])c(C)cc1NCC1(C)COC1. The molecule has 1 aromatic carbocycles. The molecule has 1 aromatic rings. The summed E-state index contributed by atoms with van der Waals surface area (Å²) in [5.41, 5.74) is 2.91. The lowest BCUT2D eigenvalue weighted by molar-refractivity contribution is -0.385. The maximum atomic E-state index is 10.8. The zero-order valence-electron chi connectivity index (χ0n) is 10.9. The van der Waals surface area contributed by atoms with Gasteiger partial charge in [-0.15, -0.1) is 0 Å². The Balaban J connectivity index is 2.13. The molecule has 0 aromatic heterocycles. The Morgan fingerprint density at radius 1 is 1.39 bits per heavy atom. The number of anilines is 1.